The largest absolute Gasteiger partial charge is 0.504 e. The van der Waals surface area contributed by atoms with E-state index in [0.717, 1.165) is 17.7 Å². The van der Waals surface area contributed by atoms with Crippen LogP contribution in [0.3, 0.4) is 0 Å². The number of rotatable bonds is 3. The Hall–Kier alpha value is -1.90. The van der Waals surface area contributed by atoms with E-state index < -0.39 is 0 Å². The van der Waals surface area contributed by atoms with Crippen molar-refractivity contribution in [1.29, 1.82) is 0 Å². The topological polar surface area (TPSA) is 38.7 Å². The van der Waals surface area contributed by atoms with Crippen molar-refractivity contribution in [2.24, 2.45) is 0 Å². The molecule has 3 nitrogen and oxygen atoms in total. The molecule has 0 aliphatic heterocycles. The van der Waals surface area contributed by atoms with E-state index in [2.05, 4.69) is 0 Å². The van der Waals surface area contributed by atoms with Gasteiger partial charge in [0.05, 0.1) is 14.2 Å². The molecule has 0 spiro atoms. The maximum Gasteiger partial charge on any atom is 0.161 e. The second-order valence-electron chi connectivity index (χ2n) is 3.91. The summed E-state index contributed by atoms with van der Waals surface area (Å²) in [7, 11) is 3.21. The van der Waals surface area contributed by atoms with Crippen molar-refractivity contribution in [1.82, 2.24) is 0 Å². The summed E-state index contributed by atoms with van der Waals surface area (Å²) in [5.41, 5.74) is 0.881. The Morgan fingerprint density at radius 3 is 2.65 bits per heavy atom. The first-order valence-electron chi connectivity index (χ1n) is 5.54. The smallest absolute Gasteiger partial charge is 0.161 e. The highest BCUT2D eigenvalue weighted by atomic mass is 16.5. The van der Waals surface area contributed by atoms with Crippen LogP contribution in [0.5, 0.6) is 11.5 Å². The fourth-order valence-electron chi connectivity index (χ4n) is 1.99. The van der Waals surface area contributed by atoms with Crippen LogP contribution in [0, 0.1) is 0 Å². The van der Waals surface area contributed by atoms with E-state index >= 15 is 0 Å². The highest BCUT2D eigenvalue weighted by Crippen LogP contribution is 2.38. The summed E-state index contributed by atoms with van der Waals surface area (Å²) >= 11 is 0. The van der Waals surface area contributed by atoms with Gasteiger partial charge in [0.1, 0.15) is 5.76 Å². The number of benzene rings is 1. The van der Waals surface area contributed by atoms with E-state index in [4.69, 9.17) is 9.47 Å². The molecule has 0 amide bonds. The normalized spacial score (nSPS) is 18.7. The number of hydrogen-bond acceptors (Lipinski definition) is 3. The number of allylic oxidation sites excluding steroid dienone is 3. The lowest BCUT2D eigenvalue weighted by Gasteiger charge is -2.18. The molecule has 1 aromatic rings. The molecule has 1 aliphatic rings. The van der Waals surface area contributed by atoms with E-state index in [1.807, 2.05) is 30.4 Å². The summed E-state index contributed by atoms with van der Waals surface area (Å²) < 4.78 is 10.2. The zero-order valence-corrected chi connectivity index (χ0v) is 10.0. The SMILES string of the molecule is COC1=CC[C@@H](c2cccc(OC)c2O)C=C1. The molecule has 3 heteroatoms. The summed E-state index contributed by atoms with van der Waals surface area (Å²) in [5, 5.41) is 10.1. The minimum absolute atomic E-state index is 0.170. The van der Waals surface area contributed by atoms with Crippen molar-refractivity contribution >= 4 is 0 Å². The van der Waals surface area contributed by atoms with E-state index in [1.54, 1.807) is 20.3 Å². The fraction of sp³-hybridized carbons (Fsp3) is 0.286. The fourth-order valence-corrected chi connectivity index (χ4v) is 1.99. The first-order valence-corrected chi connectivity index (χ1v) is 5.54. The number of phenols is 1. The van der Waals surface area contributed by atoms with E-state index in [0.29, 0.717) is 5.75 Å². The zero-order chi connectivity index (χ0) is 12.3. The average Bonchev–Trinajstić information content (AvgIpc) is 2.39. The van der Waals surface area contributed by atoms with Crippen LogP contribution in [0.25, 0.3) is 0 Å². The predicted molar refractivity (Wildman–Crippen MR) is 66.2 cm³/mol. The molecular weight excluding hydrogens is 216 g/mol. The quantitative estimate of drug-likeness (QED) is 0.870. The number of methoxy groups -OCH3 is 2. The first kappa shape index (κ1) is 11.6. The molecular formula is C14H16O3. The molecule has 17 heavy (non-hydrogen) atoms. The molecule has 0 saturated heterocycles. The third kappa shape index (κ3) is 2.28. The van der Waals surface area contributed by atoms with Gasteiger partial charge in [-0.05, 0) is 24.6 Å². The van der Waals surface area contributed by atoms with Crippen LogP contribution in [0.15, 0.2) is 42.2 Å². The minimum atomic E-state index is 0.170. The Labute approximate surface area is 101 Å². The minimum Gasteiger partial charge on any atom is -0.504 e. The second-order valence-corrected chi connectivity index (χ2v) is 3.91. The first-order chi connectivity index (χ1) is 8.26. The van der Waals surface area contributed by atoms with Gasteiger partial charge >= 0.3 is 0 Å². The molecule has 0 heterocycles. The van der Waals surface area contributed by atoms with Crippen molar-refractivity contribution in [3.63, 3.8) is 0 Å². The van der Waals surface area contributed by atoms with Gasteiger partial charge in [-0.15, -0.1) is 0 Å². The van der Waals surface area contributed by atoms with Gasteiger partial charge in [0.2, 0.25) is 0 Å². The summed E-state index contributed by atoms with van der Waals surface area (Å²) in [6, 6.07) is 5.55. The molecule has 0 aromatic heterocycles. The molecule has 1 aliphatic carbocycles. The molecule has 0 fully saturated rings. The van der Waals surface area contributed by atoms with Crippen LogP contribution < -0.4 is 4.74 Å². The molecule has 1 N–H and O–H groups in total. The molecule has 1 aromatic carbocycles. The van der Waals surface area contributed by atoms with Crippen LogP contribution in [-0.4, -0.2) is 19.3 Å². The molecule has 90 valence electrons. The number of aromatic hydroxyl groups is 1. The molecule has 0 saturated carbocycles. The van der Waals surface area contributed by atoms with Crippen molar-refractivity contribution < 1.29 is 14.6 Å². The number of para-hydroxylation sites is 1. The Morgan fingerprint density at radius 1 is 1.24 bits per heavy atom. The van der Waals surface area contributed by atoms with Crippen LogP contribution in [0.4, 0.5) is 0 Å². The standard InChI is InChI=1S/C14H16O3/c1-16-11-8-6-10(7-9-11)12-4-3-5-13(17-2)14(12)15/h3-6,8-10,15H,7H2,1-2H3/t10-/m0/s1. The van der Waals surface area contributed by atoms with Crippen molar-refractivity contribution in [2.75, 3.05) is 14.2 Å². The lowest BCUT2D eigenvalue weighted by Crippen LogP contribution is -2.00. The summed E-state index contributed by atoms with van der Waals surface area (Å²) in [5.74, 6) is 1.77. The lowest BCUT2D eigenvalue weighted by atomic mass is 9.91. The summed E-state index contributed by atoms with van der Waals surface area (Å²) in [6.07, 6.45) is 6.80. The monoisotopic (exact) mass is 232 g/mol. The maximum atomic E-state index is 10.1. The molecule has 0 radical (unpaired) electrons. The lowest BCUT2D eigenvalue weighted by molar-refractivity contribution is 0.302. The zero-order valence-electron chi connectivity index (χ0n) is 10.0. The molecule has 1 atom stereocenters. The van der Waals surface area contributed by atoms with Crippen molar-refractivity contribution in [3.05, 3.63) is 47.7 Å². The third-order valence-corrected chi connectivity index (χ3v) is 2.95. The molecule has 0 bridgehead atoms. The Morgan fingerprint density at radius 2 is 2.06 bits per heavy atom. The van der Waals surface area contributed by atoms with Gasteiger partial charge in [0.15, 0.2) is 11.5 Å². The number of ether oxygens (including phenoxy) is 2. The van der Waals surface area contributed by atoms with E-state index in [1.165, 1.54) is 0 Å². The Balaban J connectivity index is 2.25. The van der Waals surface area contributed by atoms with Crippen molar-refractivity contribution in [3.8, 4) is 11.5 Å². The summed E-state index contributed by atoms with van der Waals surface area (Å²) in [6.45, 7) is 0. The van der Waals surface area contributed by atoms with E-state index in [9.17, 15) is 5.11 Å². The highest BCUT2D eigenvalue weighted by molar-refractivity contribution is 5.49. The van der Waals surface area contributed by atoms with Crippen LogP contribution >= 0.6 is 0 Å². The van der Waals surface area contributed by atoms with Crippen LogP contribution in [0.2, 0.25) is 0 Å². The van der Waals surface area contributed by atoms with Crippen LogP contribution in [0.1, 0.15) is 17.9 Å². The van der Waals surface area contributed by atoms with Gasteiger partial charge in [-0.25, -0.2) is 0 Å². The van der Waals surface area contributed by atoms with Crippen LogP contribution in [-0.2, 0) is 4.74 Å². The maximum absolute atomic E-state index is 10.1. The van der Waals surface area contributed by atoms with Gasteiger partial charge in [-0.3, -0.25) is 0 Å². The Kier molecular flexibility index (Phi) is 3.38. The van der Waals surface area contributed by atoms with Gasteiger partial charge in [-0.2, -0.15) is 0 Å². The van der Waals surface area contributed by atoms with Gasteiger partial charge in [0, 0.05) is 11.5 Å². The summed E-state index contributed by atoms with van der Waals surface area (Å²) in [4.78, 5) is 0. The number of hydrogen-bond donors (Lipinski definition) is 1. The average molecular weight is 232 g/mol. The van der Waals surface area contributed by atoms with Gasteiger partial charge in [-0.1, -0.05) is 18.2 Å². The van der Waals surface area contributed by atoms with Crippen molar-refractivity contribution in [2.45, 2.75) is 12.3 Å². The third-order valence-electron chi connectivity index (χ3n) is 2.95. The van der Waals surface area contributed by atoms with E-state index in [-0.39, 0.29) is 11.7 Å². The number of phenolic OH excluding ortho intramolecular Hbond substituents is 1. The molecule has 2 rings (SSSR count). The Bertz CT molecular complexity index is 461. The predicted octanol–water partition coefficient (Wildman–Crippen LogP) is 2.97. The van der Waals surface area contributed by atoms with Gasteiger partial charge < -0.3 is 14.6 Å². The molecule has 0 unspecified atom stereocenters. The highest BCUT2D eigenvalue weighted by Gasteiger charge is 2.17. The second kappa shape index (κ2) is 4.95. The van der Waals surface area contributed by atoms with Gasteiger partial charge in [0.25, 0.3) is 0 Å².